The molecule has 0 aliphatic rings. The van der Waals surface area contributed by atoms with Crippen molar-refractivity contribution in [3.8, 4) is 0 Å². The Bertz CT molecular complexity index is 121. The van der Waals surface area contributed by atoms with Gasteiger partial charge in [-0.3, -0.25) is 0 Å². The van der Waals surface area contributed by atoms with Crippen molar-refractivity contribution in [2.75, 3.05) is 0 Å². The summed E-state index contributed by atoms with van der Waals surface area (Å²) >= 11 is 0. The van der Waals surface area contributed by atoms with E-state index in [1.54, 1.807) is 0 Å². The van der Waals surface area contributed by atoms with Crippen LogP contribution in [0.1, 0.15) is 13.8 Å². The lowest BCUT2D eigenvalue weighted by Crippen LogP contribution is -2.06. The molecule has 58 valence electrons. The number of carbonyl (C=O) groups excluding carboxylic acids is 1. The Morgan fingerprint density at radius 1 is 1.80 bits per heavy atom. The molecular formula is C7H14O2Si. The van der Waals surface area contributed by atoms with Crippen LogP contribution in [0.5, 0.6) is 0 Å². The van der Waals surface area contributed by atoms with Gasteiger partial charge in [-0.15, -0.1) is 0 Å². The maximum Gasteiger partial charge on any atom is 0.316 e. The lowest BCUT2D eigenvalue weighted by atomic mass is 10.3. The summed E-state index contributed by atoms with van der Waals surface area (Å²) in [4.78, 5) is 10.5. The third kappa shape index (κ3) is 5.56. The van der Waals surface area contributed by atoms with E-state index in [2.05, 4.69) is 20.4 Å². The van der Waals surface area contributed by atoms with Crippen LogP contribution in [0, 0.1) is 5.92 Å². The standard InChI is InChI=1S/C7H14O2Si/c1-4-7(8)9-10-5-6(2)3/h4,6H,1,5,10H2,2-3H3. The molecule has 0 saturated carbocycles. The van der Waals surface area contributed by atoms with E-state index in [1.165, 1.54) is 6.08 Å². The molecule has 0 fully saturated rings. The molecule has 0 bridgehead atoms. The van der Waals surface area contributed by atoms with Gasteiger partial charge in [-0.25, -0.2) is 4.79 Å². The second-order valence-electron chi connectivity index (χ2n) is 2.55. The van der Waals surface area contributed by atoms with Crippen molar-refractivity contribution in [2.24, 2.45) is 5.92 Å². The summed E-state index contributed by atoms with van der Waals surface area (Å²) in [7, 11) is -0.615. The summed E-state index contributed by atoms with van der Waals surface area (Å²) < 4.78 is 4.88. The van der Waals surface area contributed by atoms with Crippen molar-refractivity contribution in [1.29, 1.82) is 0 Å². The van der Waals surface area contributed by atoms with E-state index < -0.39 is 9.76 Å². The van der Waals surface area contributed by atoms with Gasteiger partial charge in [0.2, 0.25) is 9.76 Å². The minimum Gasteiger partial charge on any atom is -0.522 e. The Morgan fingerprint density at radius 3 is 2.80 bits per heavy atom. The van der Waals surface area contributed by atoms with Crippen molar-refractivity contribution in [3.05, 3.63) is 12.7 Å². The molecule has 0 heterocycles. The average Bonchev–Trinajstić information content (AvgIpc) is 1.87. The molecule has 0 radical (unpaired) electrons. The van der Waals surface area contributed by atoms with Crippen LogP contribution in [0.15, 0.2) is 12.7 Å². The highest BCUT2D eigenvalue weighted by Gasteiger charge is 1.97. The first-order chi connectivity index (χ1) is 4.66. The minimum atomic E-state index is -0.615. The summed E-state index contributed by atoms with van der Waals surface area (Å²) in [6, 6.07) is 1.06. The molecule has 0 atom stereocenters. The van der Waals surface area contributed by atoms with Crippen molar-refractivity contribution >= 4 is 15.7 Å². The fraction of sp³-hybridized carbons (Fsp3) is 0.571. The van der Waals surface area contributed by atoms with Crippen molar-refractivity contribution in [2.45, 2.75) is 19.9 Å². The minimum absolute atomic E-state index is 0.271. The lowest BCUT2D eigenvalue weighted by molar-refractivity contribution is -0.128. The van der Waals surface area contributed by atoms with E-state index in [9.17, 15) is 4.79 Å². The molecule has 0 aliphatic carbocycles. The molecule has 0 spiro atoms. The van der Waals surface area contributed by atoms with E-state index in [-0.39, 0.29) is 5.97 Å². The Labute approximate surface area is 64.2 Å². The number of hydrogen-bond acceptors (Lipinski definition) is 2. The molecule has 0 aromatic carbocycles. The molecule has 0 aromatic rings. The summed E-state index contributed by atoms with van der Waals surface area (Å²) in [5.74, 6) is 0.372. The van der Waals surface area contributed by atoms with Crippen LogP contribution in [0.3, 0.4) is 0 Å². The molecule has 0 aromatic heterocycles. The van der Waals surface area contributed by atoms with E-state index in [0.29, 0.717) is 5.92 Å². The van der Waals surface area contributed by atoms with Crippen LogP contribution in [-0.2, 0) is 9.22 Å². The summed E-state index contributed by atoms with van der Waals surface area (Å²) in [6.07, 6.45) is 1.22. The molecule has 0 rings (SSSR count). The molecular weight excluding hydrogens is 144 g/mol. The van der Waals surface area contributed by atoms with Gasteiger partial charge < -0.3 is 4.43 Å². The van der Waals surface area contributed by atoms with Gasteiger partial charge in [0.15, 0.2) is 0 Å². The van der Waals surface area contributed by atoms with E-state index in [1.807, 2.05) is 0 Å². The molecule has 2 nitrogen and oxygen atoms in total. The Balaban J connectivity index is 3.19. The zero-order valence-corrected chi connectivity index (χ0v) is 8.01. The maximum atomic E-state index is 10.5. The largest absolute Gasteiger partial charge is 0.522 e. The van der Waals surface area contributed by atoms with E-state index in [4.69, 9.17) is 4.43 Å². The molecule has 0 unspecified atom stereocenters. The number of rotatable bonds is 4. The molecule has 0 saturated heterocycles. The van der Waals surface area contributed by atoms with Crippen LogP contribution in [0.2, 0.25) is 6.04 Å². The second-order valence-corrected chi connectivity index (χ2v) is 3.83. The van der Waals surface area contributed by atoms with Gasteiger partial charge in [0.25, 0.3) is 0 Å². The highest BCUT2D eigenvalue weighted by atomic mass is 28.2. The molecule has 0 amide bonds. The third-order valence-corrected chi connectivity index (χ3v) is 2.99. The first kappa shape index (κ1) is 9.43. The topological polar surface area (TPSA) is 26.3 Å². The first-order valence-corrected chi connectivity index (χ1v) is 5.03. The van der Waals surface area contributed by atoms with Gasteiger partial charge >= 0.3 is 5.97 Å². The zero-order valence-electron chi connectivity index (χ0n) is 6.59. The second kappa shape index (κ2) is 5.23. The van der Waals surface area contributed by atoms with Gasteiger partial charge in [0.1, 0.15) is 0 Å². The fourth-order valence-electron chi connectivity index (χ4n) is 0.454. The summed E-state index contributed by atoms with van der Waals surface area (Å²) in [5.41, 5.74) is 0. The Kier molecular flexibility index (Phi) is 4.93. The number of carbonyl (C=O) groups is 1. The van der Waals surface area contributed by atoms with Gasteiger partial charge in [-0.2, -0.15) is 0 Å². The Morgan fingerprint density at radius 2 is 2.40 bits per heavy atom. The quantitative estimate of drug-likeness (QED) is 0.448. The van der Waals surface area contributed by atoms with Gasteiger partial charge in [-0.05, 0) is 12.0 Å². The van der Waals surface area contributed by atoms with Gasteiger partial charge in [-0.1, -0.05) is 20.4 Å². The van der Waals surface area contributed by atoms with Crippen LogP contribution in [0.25, 0.3) is 0 Å². The van der Waals surface area contributed by atoms with Crippen molar-refractivity contribution in [1.82, 2.24) is 0 Å². The van der Waals surface area contributed by atoms with Gasteiger partial charge in [0.05, 0.1) is 0 Å². The molecule has 10 heavy (non-hydrogen) atoms. The normalized spacial score (nSPS) is 10.7. The number of hydrogen-bond donors (Lipinski definition) is 0. The monoisotopic (exact) mass is 158 g/mol. The molecule has 0 aliphatic heterocycles. The fourth-order valence-corrected chi connectivity index (χ4v) is 1.36. The summed E-state index contributed by atoms with van der Waals surface area (Å²) in [5, 5.41) is 0. The predicted molar refractivity (Wildman–Crippen MR) is 44.5 cm³/mol. The molecule has 3 heteroatoms. The van der Waals surface area contributed by atoms with E-state index in [0.717, 1.165) is 6.04 Å². The maximum absolute atomic E-state index is 10.5. The highest BCUT2D eigenvalue weighted by molar-refractivity contribution is 6.31. The highest BCUT2D eigenvalue weighted by Crippen LogP contribution is 1.98. The van der Waals surface area contributed by atoms with Crippen LogP contribution >= 0.6 is 0 Å². The first-order valence-electron chi connectivity index (χ1n) is 3.46. The van der Waals surface area contributed by atoms with Gasteiger partial charge in [0, 0.05) is 6.08 Å². The average molecular weight is 158 g/mol. The Hall–Kier alpha value is -0.573. The SMILES string of the molecule is C=CC(=O)O[SiH2]CC(C)C. The third-order valence-electron chi connectivity index (χ3n) is 1.11. The van der Waals surface area contributed by atoms with Crippen molar-refractivity contribution < 1.29 is 9.22 Å². The predicted octanol–water partition coefficient (Wildman–Crippen LogP) is 0.874. The molecule has 0 N–H and O–H groups in total. The summed E-state index contributed by atoms with van der Waals surface area (Å²) in [6.45, 7) is 7.55. The van der Waals surface area contributed by atoms with Crippen molar-refractivity contribution in [3.63, 3.8) is 0 Å². The smallest absolute Gasteiger partial charge is 0.316 e. The van der Waals surface area contributed by atoms with Crippen LogP contribution in [-0.4, -0.2) is 15.7 Å². The van der Waals surface area contributed by atoms with E-state index >= 15 is 0 Å². The van der Waals surface area contributed by atoms with Crippen LogP contribution in [0.4, 0.5) is 0 Å². The zero-order chi connectivity index (χ0) is 7.98. The lowest BCUT2D eigenvalue weighted by Gasteiger charge is -2.02. The van der Waals surface area contributed by atoms with Crippen LogP contribution < -0.4 is 0 Å².